The smallest absolute Gasteiger partial charge is 0.341 e. The third kappa shape index (κ3) is 5.40. The second kappa shape index (κ2) is 9.71. The Morgan fingerprint density at radius 1 is 1.21 bits per heavy atom. The van der Waals surface area contributed by atoms with Gasteiger partial charge in [0.05, 0.1) is 11.1 Å². The molecule has 1 N–H and O–H groups in total. The number of carboxylic acids is 1. The van der Waals surface area contributed by atoms with Crippen LogP contribution in [0.25, 0.3) is 5.57 Å². The summed E-state index contributed by atoms with van der Waals surface area (Å²) in [5.74, 6) is 1.86. The zero-order valence-electron chi connectivity index (χ0n) is 19.0. The van der Waals surface area contributed by atoms with Gasteiger partial charge >= 0.3 is 5.97 Å². The highest BCUT2D eigenvalue weighted by Gasteiger charge is 2.31. The monoisotopic (exact) mass is 461 g/mol. The molecule has 1 aliphatic rings. The quantitative estimate of drug-likeness (QED) is 0.394. The van der Waals surface area contributed by atoms with E-state index in [1.54, 1.807) is 11.8 Å². The van der Waals surface area contributed by atoms with E-state index in [4.69, 9.17) is 19.2 Å². The lowest BCUT2D eigenvalue weighted by molar-refractivity contribution is -0.139. The average Bonchev–Trinajstić information content (AvgIpc) is 3.19. The molecule has 1 atom stereocenters. The van der Waals surface area contributed by atoms with Crippen LogP contribution in [0.3, 0.4) is 0 Å². The number of hydrogen-bond acceptors (Lipinski definition) is 5. The molecular weight excluding hydrogens is 434 g/mol. The van der Waals surface area contributed by atoms with E-state index >= 15 is 0 Å². The molecule has 0 spiro atoms. The summed E-state index contributed by atoms with van der Waals surface area (Å²) in [5.41, 5.74) is 4.00. The third-order valence-corrected chi connectivity index (χ3v) is 6.74. The van der Waals surface area contributed by atoms with Crippen molar-refractivity contribution in [2.75, 3.05) is 6.61 Å². The number of aryl methyl sites for hydroxylation is 2. The first-order valence-corrected chi connectivity index (χ1v) is 11.8. The Balaban J connectivity index is 1.42. The molecule has 1 unspecified atom stereocenters. The van der Waals surface area contributed by atoms with Crippen molar-refractivity contribution in [2.24, 2.45) is 0 Å². The highest BCUT2D eigenvalue weighted by Crippen LogP contribution is 2.37. The molecule has 0 fully saturated rings. The normalized spacial score (nSPS) is 17.6. The number of ether oxygens (including phenoxy) is 1. The third-order valence-electron chi connectivity index (χ3n) is 5.74. The van der Waals surface area contributed by atoms with E-state index in [1.807, 2.05) is 38.1 Å². The number of carbonyl (C=O) groups is 1. The predicted molar refractivity (Wildman–Crippen MR) is 131 cm³/mol. The number of hydrogen-bond donors (Lipinski definition) is 1. The molecule has 0 radical (unpaired) electrons. The van der Waals surface area contributed by atoms with Gasteiger partial charge in [0.2, 0.25) is 5.89 Å². The number of benzene rings is 2. The van der Waals surface area contributed by atoms with Gasteiger partial charge in [0.15, 0.2) is 6.61 Å². The molecule has 4 rings (SSSR count). The fourth-order valence-corrected chi connectivity index (χ4v) is 4.70. The number of rotatable bonds is 8. The Hall–Kier alpha value is -3.25. The standard InChI is InChI=1S/C27H27NO4S/c1-18-15-22(9-10-24(18)31-16-25(29)30)33-17-23-19(2)32-26(28-23)27(3)13-11-21(12-14-27)20-7-5-4-6-8-20/h4-13,15H,14,16-17H2,1-3H3,(H,29,30). The molecule has 0 bridgehead atoms. The number of carboxylic acid groups (broad SMARTS) is 1. The van der Waals surface area contributed by atoms with Gasteiger partial charge in [-0.1, -0.05) is 48.6 Å². The lowest BCUT2D eigenvalue weighted by atomic mass is 9.80. The van der Waals surface area contributed by atoms with E-state index in [2.05, 4.69) is 49.4 Å². The van der Waals surface area contributed by atoms with Crippen LogP contribution in [0.5, 0.6) is 5.75 Å². The Morgan fingerprint density at radius 2 is 2.00 bits per heavy atom. The molecule has 33 heavy (non-hydrogen) atoms. The molecule has 1 aromatic heterocycles. The summed E-state index contributed by atoms with van der Waals surface area (Å²) in [6.45, 7) is 5.68. The number of oxazole rings is 1. The number of aliphatic carboxylic acids is 1. The Morgan fingerprint density at radius 3 is 2.67 bits per heavy atom. The topological polar surface area (TPSA) is 72.6 Å². The fraction of sp³-hybridized carbons (Fsp3) is 0.259. The van der Waals surface area contributed by atoms with Crippen LogP contribution in [-0.4, -0.2) is 22.7 Å². The van der Waals surface area contributed by atoms with Crippen LogP contribution in [0.2, 0.25) is 0 Å². The van der Waals surface area contributed by atoms with Crippen molar-refractivity contribution >= 4 is 23.3 Å². The molecule has 0 saturated heterocycles. The summed E-state index contributed by atoms with van der Waals surface area (Å²) in [5, 5.41) is 8.78. The molecule has 3 aromatic rings. The van der Waals surface area contributed by atoms with Crippen molar-refractivity contribution in [3.8, 4) is 5.75 Å². The molecule has 0 saturated carbocycles. The van der Waals surface area contributed by atoms with E-state index in [9.17, 15) is 4.79 Å². The van der Waals surface area contributed by atoms with Crippen LogP contribution in [0.4, 0.5) is 0 Å². The second-order valence-corrected chi connectivity index (χ2v) is 9.45. The summed E-state index contributed by atoms with van der Waals surface area (Å²) >= 11 is 1.67. The molecular formula is C27H27NO4S. The van der Waals surface area contributed by atoms with Crippen molar-refractivity contribution < 1.29 is 19.1 Å². The van der Waals surface area contributed by atoms with Crippen LogP contribution in [-0.2, 0) is 16.0 Å². The molecule has 2 aromatic carbocycles. The van der Waals surface area contributed by atoms with Crippen LogP contribution in [0.15, 0.2) is 76.1 Å². The van der Waals surface area contributed by atoms with Crippen molar-refractivity contribution in [3.63, 3.8) is 0 Å². The molecule has 0 amide bonds. The van der Waals surface area contributed by atoms with E-state index in [1.165, 1.54) is 11.1 Å². The molecule has 1 heterocycles. The van der Waals surface area contributed by atoms with E-state index in [-0.39, 0.29) is 12.0 Å². The van der Waals surface area contributed by atoms with E-state index in [0.29, 0.717) is 11.5 Å². The second-order valence-electron chi connectivity index (χ2n) is 8.40. The minimum atomic E-state index is -0.988. The van der Waals surface area contributed by atoms with Crippen LogP contribution in [0, 0.1) is 13.8 Å². The number of aromatic nitrogens is 1. The number of thioether (sulfide) groups is 1. The Kier molecular flexibility index (Phi) is 6.75. The first kappa shape index (κ1) is 22.9. The molecule has 170 valence electrons. The van der Waals surface area contributed by atoms with Gasteiger partial charge in [-0.05, 0) is 62.1 Å². The van der Waals surface area contributed by atoms with Crippen LogP contribution < -0.4 is 4.74 Å². The van der Waals surface area contributed by atoms with Gasteiger partial charge in [-0.3, -0.25) is 0 Å². The van der Waals surface area contributed by atoms with E-state index < -0.39 is 5.97 Å². The first-order valence-electron chi connectivity index (χ1n) is 10.8. The zero-order chi connectivity index (χ0) is 23.4. The summed E-state index contributed by atoms with van der Waals surface area (Å²) in [6.07, 6.45) is 7.43. The molecule has 6 heteroatoms. The minimum Gasteiger partial charge on any atom is -0.482 e. The van der Waals surface area contributed by atoms with Gasteiger partial charge in [-0.2, -0.15) is 0 Å². The van der Waals surface area contributed by atoms with Gasteiger partial charge in [0.25, 0.3) is 0 Å². The van der Waals surface area contributed by atoms with Crippen molar-refractivity contribution in [2.45, 2.75) is 43.3 Å². The lowest BCUT2D eigenvalue weighted by Gasteiger charge is -2.24. The van der Waals surface area contributed by atoms with Gasteiger partial charge in [-0.15, -0.1) is 11.8 Å². The van der Waals surface area contributed by atoms with Crippen molar-refractivity contribution in [1.29, 1.82) is 0 Å². The maximum absolute atomic E-state index is 10.7. The molecule has 0 aliphatic heterocycles. The summed E-state index contributed by atoms with van der Waals surface area (Å²) in [4.78, 5) is 16.6. The van der Waals surface area contributed by atoms with Crippen LogP contribution in [0.1, 0.15) is 41.8 Å². The average molecular weight is 462 g/mol. The highest BCUT2D eigenvalue weighted by atomic mass is 32.2. The maximum atomic E-state index is 10.7. The highest BCUT2D eigenvalue weighted by molar-refractivity contribution is 7.98. The lowest BCUT2D eigenvalue weighted by Crippen LogP contribution is -2.20. The summed E-state index contributed by atoms with van der Waals surface area (Å²) < 4.78 is 11.4. The van der Waals surface area contributed by atoms with Gasteiger partial charge in [0.1, 0.15) is 11.5 Å². The predicted octanol–water partition coefficient (Wildman–Crippen LogP) is 6.35. The van der Waals surface area contributed by atoms with Crippen LogP contribution >= 0.6 is 11.8 Å². The Labute approximate surface area is 198 Å². The fourth-order valence-electron chi connectivity index (χ4n) is 3.71. The van der Waals surface area contributed by atoms with Crippen molar-refractivity contribution in [1.82, 2.24) is 4.98 Å². The molecule has 1 aliphatic carbocycles. The first-order chi connectivity index (χ1) is 15.8. The number of allylic oxidation sites excluding steroid dienone is 4. The van der Waals surface area contributed by atoms with Gasteiger partial charge in [0, 0.05) is 10.6 Å². The number of nitrogens with zero attached hydrogens (tertiary/aromatic N) is 1. The zero-order valence-corrected chi connectivity index (χ0v) is 19.8. The SMILES string of the molecule is Cc1cc(SCc2nc(C3(C)C=CC(c4ccccc4)=CC3)oc2C)ccc1OCC(=O)O. The largest absolute Gasteiger partial charge is 0.482 e. The minimum absolute atomic E-state index is 0.272. The maximum Gasteiger partial charge on any atom is 0.341 e. The van der Waals surface area contributed by atoms with E-state index in [0.717, 1.165) is 34.2 Å². The van der Waals surface area contributed by atoms with Gasteiger partial charge < -0.3 is 14.3 Å². The molecule has 5 nitrogen and oxygen atoms in total. The van der Waals surface area contributed by atoms with Crippen molar-refractivity contribution in [3.05, 3.63) is 95.2 Å². The summed E-state index contributed by atoms with van der Waals surface area (Å²) in [7, 11) is 0. The Bertz CT molecular complexity index is 1210. The summed E-state index contributed by atoms with van der Waals surface area (Å²) in [6, 6.07) is 16.1. The van der Waals surface area contributed by atoms with Gasteiger partial charge in [-0.25, -0.2) is 9.78 Å².